The maximum absolute atomic E-state index is 14.0. The second kappa shape index (κ2) is 11.8. The van der Waals surface area contributed by atoms with Gasteiger partial charge in [0.05, 0.1) is 53.7 Å². The van der Waals surface area contributed by atoms with Crippen LogP contribution in [0.5, 0.6) is 0 Å². The highest BCUT2D eigenvalue weighted by Gasteiger charge is 2.40. The number of fused-ring (bicyclic) bond motifs is 1. The number of rotatable bonds is 11. The van der Waals surface area contributed by atoms with Gasteiger partial charge in [-0.05, 0) is 60.5 Å². The highest BCUT2D eigenvalue weighted by atomic mass is 19.3. The molecule has 2 aliphatic rings. The van der Waals surface area contributed by atoms with Crippen LogP contribution < -0.4 is 10.6 Å². The van der Waals surface area contributed by atoms with Crippen molar-refractivity contribution in [3.8, 4) is 0 Å². The topological polar surface area (TPSA) is 106 Å². The zero-order valence-electron chi connectivity index (χ0n) is 22.7. The molecule has 0 spiro atoms. The average Bonchev–Trinajstić information content (AvgIpc) is 3.46. The highest BCUT2D eigenvalue weighted by Crippen LogP contribution is 2.43. The highest BCUT2D eigenvalue weighted by molar-refractivity contribution is 6.56. The van der Waals surface area contributed by atoms with E-state index in [2.05, 4.69) is 25.8 Å². The van der Waals surface area contributed by atoms with Gasteiger partial charge in [-0.2, -0.15) is 10.2 Å². The van der Waals surface area contributed by atoms with Crippen molar-refractivity contribution in [2.75, 3.05) is 0 Å². The van der Waals surface area contributed by atoms with E-state index in [0.717, 1.165) is 17.5 Å². The van der Waals surface area contributed by atoms with E-state index in [4.69, 9.17) is 23.5 Å². The van der Waals surface area contributed by atoms with Crippen LogP contribution in [0.1, 0.15) is 85.2 Å². The molecule has 0 bridgehead atoms. The van der Waals surface area contributed by atoms with Crippen LogP contribution in [0.2, 0.25) is 0 Å². The number of aromatic nitrogens is 5. The lowest BCUT2D eigenvalue weighted by Gasteiger charge is -2.33. The third kappa shape index (κ3) is 7.00. The van der Waals surface area contributed by atoms with Crippen molar-refractivity contribution in [2.24, 2.45) is 11.8 Å². The van der Waals surface area contributed by atoms with Gasteiger partial charge >= 0.3 is 0 Å². The van der Waals surface area contributed by atoms with E-state index >= 15 is 0 Å². The summed E-state index contributed by atoms with van der Waals surface area (Å²) in [5, 5.41) is 12.1. The van der Waals surface area contributed by atoms with E-state index in [0.29, 0.717) is 16.9 Å². The SMILES string of the molecule is [B]C([B])([B])n1nccc1C(=O)N[C@H](c1cn2ncc(C(NC(=O)CCC(F)F)C3CC3)cc2n1)C1CCC(F)(F)CC1. The normalized spacial score (nSPS) is 19.1. The molecular formula is C26H28B3F4N7O2. The van der Waals surface area contributed by atoms with Gasteiger partial charge in [-0.3, -0.25) is 14.3 Å². The van der Waals surface area contributed by atoms with E-state index in [9.17, 15) is 27.2 Å². The van der Waals surface area contributed by atoms with E-state index in [-0.39, 0.29) is 49.6 Å². The Balaban J connectivity index is 1.42. The first-order valence-electron chi connectivity index (χ1n) is 13.8. The summed E-state index contributed by atoms with van der Waals surface area (Å²) in [5.41, 5.74) is 1.45. The van der Waals surface area contributed by atoms with Gasteiger partial charge in [0.15, 0.2) is 5.65 Å². The molecule has 3 aromatic heterocycles. The lowest BCUT2D eigenvalue weighted by atomic mass is 9.49. The van der Waals surface area contributed by atoms with Crippen molar-refractivity contribution in [1.82, 2.24) is 35.0 Å². The second-order valence-electron chi connectivity index (χ2n) is 11.2. The molecule has 0 saturated heterocycles. The van der Waals surface area contributed by atoms with Crippen molar-refractivity contribution < 1.29 is 27.2 Å². The number of carbonyl (C=O) groups excluding carboxylic acids is 2. The molecule has 1 unspecified atom stereocenters. The van der Waals surface area contributed by atoms with Crippen molar-refractivity contribution >= 4 is 41.0 Å². The molecule has 2 atom stereocenters. The van der Waals surface area contributed by atoms with Crippen molar-refractivity contribution in [2.45, 2.75) is 81.0 Å². The predicted molar refractivity (Wildman–Crippen MR) is 146 cm³/mol. The fourth-order valence-corrected chi connectivity index (χ4v) is 5.45. The minimum absolute atomic E-state index is 0.0207. The first-order chi connectivity index (χ1) is 19.8. The maximum Gasteiger partial charge on any atom is 0.270 e. The largest absolute Gasteiger partial charge is 0.349 e. The third-order valence-corrected chi connectivity index (χ3v) is 7.80. The Labute approximate surface area is 243 Å². The molecule has 9 nitrogen and oxygen atoms in total. The van der Waals surface area contributed by atoms with E-state index in [1.165, 1.54) is 16.8 Å². The van der Waals surface area contributed by atoms with Gasteiger partial charge in [0, 0.05) is 31.9 Å². The molecule has 2 aliphatic carbocycles. The summed E-state index contributed by atoms with van der Waals surface area (Å²) in [6.07, 6.45) is 2.50. The predicted octanol–water partition coefficient (Wildman–Crippen LogP) is 2.91. The number of halogens is 4. The van der Waals surface area contributed by atoms with Crippen LogP contribution in [0.4, 0.5) is 17.6 Å². The van der Waals surface area contributed by atoms with E-state index < -0.39 is 47.9 Å². The molecule has 2 fully saturated rings. The number of carbonyl (C=O) groups is 2. The van der Waals surface area contributed by atoms with Gasteiger partial charge in [-0.25, -0.2) is 27.1 Å². The fourth-order valence-electron chi connectivity index (χ4n) is 5.45. The zero-order valence-corrected chi connectivity index (χ0v) is 22.7. The van der Waals surface area contributed by atoms with Gasteiger partial charge in [0.2, 0.25) is 18.3 Å². The molecule has 16 heteroatoms. The summed E-state index contributed by atoms with van der Waals surface area (Å²) in [7, 11) is 17.2. The Hall–Kier alpha value is -3.32. The number of nitrogens with one attached hydrogen (secondary N) is 2. The minimum atomic E-state index is -2.78. The number of imidazole rings is 1. The molecule has 2 amide bonds. The van der Waals surface area contributed by atoms with Gasteiger partial charge in [-0.15, -0.1) is 0 Å². The third-order valence-electron chi connectivity index (χ3n) is 7.80. The van der Waals surface area contributed by atoms with Crippen LogP contribution in [0.3, 0.4) is 0 Å². The van der Waals surface area contributed by atoms with Crippen LogP contribution in [0.15, 0.2) is 30.7 Å². The molecule has 5 rings (SSSR count). The Bertz CT molecular complexity index is 1430. The molecule has 0 aliphatic heterocycles. The number of hydrogen-bond donors (Lipinski definition) is 2. The first-order valence-corrected chi connectivity index (χ1v) is 13.8. The molecule has 3 aromatic rings. The standard InChI is InChI=1S/C26H28B3F4N7O2/c27-26(28,29)40-18(7-10-34-40)24(42)38-23(15-5-8-25(32,33)9-6-15)17-13-39-20(36-17)11-16(12-35-39)22(14-1-2-14)37-21(41)4-3-19(30)31/h7,10-15,19,22-23H,1-6,8-9H2,(H,37,41)(H,38,42)/t22?,23-/m0/s1. The fraction of sp³-hybridized carbons (Fsp3) is 0.577. The molecule has 216 valence electrons. The molecule has 0 aromatic carbocycles. The quantitative estimate of drug-likeness (QED) is 0.269. The summed E-state index contributed by atoms with van der Waals surface area (Å²) in [5.74, 6) is -4.08. The maximum atomic E-state index is 14.0. The zero-order chi connectivity index (χ0) is 30.2. The number of alkyl halides is 4. The van der Waals surface area contributed by atoms with Gasteiger partial charge < -0.3 is 10.6 Å². The van der Waals surface area contributed by atoms with Gasteiger partial charge in [0.25, 0.3) is 5.91 Å². The van der Waals surface area contributed by atoms with Crippen LogP contribution in [0.25, 0.3) is 5.65 Å². The number of nitrogens with zero attached hydrogens (tertiary/aromatic N) is 5. The van der Waals surface area contributed by atoms with Crippen LogP contribution in [-0.4, -0.2) is 72.1 Å². The molecule has 2 saturated carbocycles. The molecular weight excluding hydrogens is 551 g/mol. The molecule has 2 N–H and O–H groups in total. The Morgan fingerprint density at radius 3 is 2.38 bits per heavy atom. The molecule has 6 radical (unpaired) electrons. The van der Waals surface area contributed by atoms with Crippen molar-refractivity contribution in [3.05, 3.63) is 47.7 Å². The van der Waals surface area contributed by atoms with Crippen LogP contribution in [0, 0.1) is 11.8 Å². The van der Waals surface area contributed by atoms with Gasteiger partial charge in [-0.1, -0.05) is 0 Å². The lowest BCUT2D eigenvalue weighted by Crippen LogP contribution is -2.42. The Morgan fingerprint density at radius 1 is 1.05 bits per heavy atom. The smallest absolute Gasteiger partial charge is 0.270 e. The van der Waals surface area contributed by atoms with Crippen molar-refractivity contribution in [1.29, 1.82) is 0 Å². The van der Waals surface area contributed by atoms with Crippen molar-refractivity contribution in [3.63, 3.8) is 0 Å². The second-order valence-corrected chi connectivity index (χ2v) is 11.2. The summed E-state index contributed by atoms with van der Waals surface area (Å²) < 4.78 is 55.6. The lowest BCUT2D eigenvalue weighted by molar-refractivity contribution is -0.122. The van der Waals surface area contributed by atoms with E-state index in [1.54, 1.807) is 18.5 Å². The number of amides is 2. The van der Waals surface area contributed by atoms with E-state index in [1.807, 2.05) is 0 Å². The summed E-state index contributed by atoms with van der Waals surface area (Å²) in [6, 6.07) is 1.95. The molecule has 42 heavy (non-hydrogen) atoms. The van der Waals surface area contributed by atoms with Crippen LogP contribution in [-0.2, 0) is 10.0 Å². The Kier molecular flexibility index (Phi) is 8.44. The summed E-state index contributed by atoms with van der Waals surface area (Å²) >= 11 is 0. The monoisotopic (exact) mass is 579 g/mol. The summed E-state index contributed by atoms with van der Waals surface area (Å²) in [4.78, 5) is 30.3. The minimum Gasteiger partial charge on any atom is -0.349 e. The number of hydrogen-bond acceptors (Lipinski definition) is 5. The Morgan fingerprint density at radius 2 is 1.74 bits per heavy atom. The van der Waals surface area contributed by atoms with Gasteiger partial charge in [0.1, 0.15) is 5.69 Å². The average molecular weight is 579 g/mol. The molecule has 3 heterocycles. The first kappa shape index (κ1) is 30.2. The van der Waals surface area contributed by atoms with Crippen LogP contribution >= 0.6 is 0 Å². The summed E-state index contributed by atoms with van der Waals surface area (Å²) in [6.45, 7) is 0.